The second-order valence-electron chi connectivity index (χ2n) is 5.94. The molecule has 5 nitrogen and oxygen atoms in total. The first-order valence-corrected chi connectivity index (χ1v) is 9.06. The number of nitrogens with one attached hydrogen (secondary N) is 1. The molecule has 0 aliphatic carbocycles. The number of hydrogen-bond acceptors (Lipinski definition) is 4. The third-order valence-electron chi connectivity index (χ3n) is 4.18. The lowest BCUT2D eigenvalue weighted by atomic mass is 10.1. The van der Waals surface area contributed by atoms with Crippen LogP contribution >= 0.6 is 11.3 Å². The number of hydrogen-bond donors (Lipinski definition) is 1. The Kier molecular flexibility index (Phi) is 4.29. The van der Waals surface area contributed by atoms with E-state index in [0.717, 1.165) is 15.8 Å². The number of rotatable bonds is 3. The molecule has 0 radical (unpaired) electrons. The lowest BCUT2D eigenvalue weighted by molar-refractivity contribution is 0.101. The maximum Gasteiger partial charge on any atom is 0.281 e. The van der Waals surface area contributed by atoms with Crippen molar-refractivity contribution < 1.29 is 9.18 Å². The SMILES string of the molecule is Cc1nc2scc(-c3ccccc3)c2c(=O)n1NC(=O)c1ccc(F)cc1. The summed E-state index contributed by atoms with van der Waals surface area (Å²) in [5.41, 5.74) is 4.13. The molecular formula is C20H14FN3O2S. The molecule has 27 heavy (non-hydrogen) atoms. The van der Waals surface area contributed by atoms with E-state index >= 15 is 0 Å². The number of carbonyl (C=O) groups is 1. The van der Waals surface area contributed by atoms with Gasteiger partial charge in [0.2, 0.25) is 0 Å². The number of aryl methyl sites for hydroxylation is 1. The van der Waals surface area contributed by atoms with Crippen molar-refractivity contribution in [3.8, 4) is 11.1 Å². The summed E-state index contributed by atoms with van der Waals surface area (Å²) in [6.45, 7) is 1.65. The molecule has 2 aromatic carbocycles. The van der Waals surface area contributed by atoms with Crippen LogP contribution in [0.3, 0.4) is 0 Å². The fourth-order valence-corrected chi connectivity index (χ4v) is 3.80. The number of aromatic nitrogens is 2. The molecule has 1 N–H and O–H groups in total. The summed E-state index contributed by atoms with van der Waals surface area (Å²) in [7, 11) is 0. The van der Waals surface area contributed by atoms with Crippen LogP contribution < -0.4 is 11.0 Å². The van der Waals surface area contributed by atoms with E-state index in [2.05, 4.69) is 10.4 Å². The first kappa shape index (κ1) is 17.1. The maximum atomic E-state index is 13.1. The molecule has 0 fully saturated rings. The monoisotopic (exact) mass is 379 g/mol. The van der Waals surface area contributed by atoms with Gasteiger partial charge in [-0.15, -0.1) is 11.3 Å². The number of thiophene rings is 1. The molecule has 0 spiro atoms. The Balaban J connectivity index is 1.80. The zero-order valence-electron chi connectivity index (χ0n) is 14.3. The summed E-state index contributed by atoms with van der Waals surface area (Å²) in [6, 6.07) is 14.6. The average Bonchev–Trinajstić information content (AvgIpc) is 3.10. The number of amides is 1. The molecule has 0 aliphatic heterocycles. The van der Waals surface area contributed by atoms with Crippen molar-refractivity contribution in [1.29, 1.82) is 0 Å². The number of carbonyl (C=O) groups excluding carboxylic acids is 1. The van der Waals surface area contributed by atoms with Crippen LogP contribution in [0.2, 0.25) is 0 Å². The van der Waals surface area contributed by atoms with Crippen LogP contribution in [-0.4, -0.2) is 15.6 Å². The Morgan fingerprint density at radius 3 is 2.52 bits per heavy atom. The summed E-state index contributed by atoms with van der Waals surface area (Å²) in [6.07, 6.45) is 0. The van der Waals surface area contributed by atoms with Gasteiger partial charge in [-0.3, -0.25) is 15.0 Å². The number of halogens is 1. The van der Waals surface area contributed by atoms with E-state index in [9.17, 15) is 14.0 Å². The molecule has 0 bridgehead atoms. The molecule has 7 heteroatoms. The van der Waals surface area contributed by atoms with Crippen molar-refractivity contribution in [2.24, 2.45) is 0 Å². The standard InChI is InChI=1S/C20H14FN3O2S/c1-12-22-19-17(16(11-27-19)13-5-3-2-4-6-13)20(26)24(12)23-18(25)14-7-9-15(21)10-8-14/h2-11H,1H3,(H,23,25). The number of fused-ring (bicyclic) bond motifs is 1. The topological polar surface area (TPSA) is 64.0 Å². The number of nitrogens with zero attached hydrogens (tertiary/aromatic N) is 2. The largest absolute Gasteiger partial charge is 0.281 e. The molecule has 0 unspecified atom stereocenters. The van der Waals surface area contributed by atoms with Crippen LogP contribution in [-0.2, 0) is 0 Å². The van der Waals surface area contributed by atoms with Crippen LogP contribution in [0.15, 0.2) is 64.8 Å². The molecule has 0 aliphatic rings. The highest BCUT2D eigenvalue weighted by Gasteiger charge is 2.17. The Labute approximate surface area is 157 Å². The minimum absolute atomic E-state index is 0.247. The van der Waals surface area contributed by atoms with E-state index < -0.39 is 11.7 Å². The molecule has 4 rings (SSSR count). The van der Waals surface area contributed by atoms with E-state index in [0.29, 0.717) is 16.0 Å². The summed E-state index contributed by atoms with van der Waals surface area (Å²) < 4.78 is 14.2. The highest BCUT2D eigenvalue weighted by atomic mass is 32.1. The highest BCUT2D eigenvalue weighted by Crippen LogP contribution is 2.30. The third kappa shape index (κ3) is 3.13. The zero-order chi connectivity index (χ0) is 19.0. The van der Waals surface area contributed by atoms with Gasteiger partial charge in [0.05, 0.1) is 5.39 Å². The first-order valence-electron chi connectivity index (χ1n) is 8.18. The predicted octanol–water partition coefficient (Wildman–Crippen LogP) is 3.96. The molecule has 2 aromatic heterocycles. The van der Waals surface area contributed by atoms with Gasteiger partial charge in [-0.25, -0.2) is 14.1 Å². The molecule has 134 valence electrons. The second kappa shape index (κ2) is 6.77. The average molecular weight is 379 g/mol. The van der Waals surface area contributed by atoms with Gasteiger partial charge in [0.25, 0.3) is 11.5 Å². The van der Waals surface area contributed by atoms with Crippen molar-refractivity contribution in [2.45, 2.75) is 6.92 Å². The fourth-order valence-electron chi connectivity index (χ4n) is 2.82. The van der Waals surface area contributed by atoms with Crippen LogP contribution in [0.25, 0.3) is 21.3 Å². The Morgan fingerprint density at radius 2 is 1.81 bits per heavy atom. The van der Waals surface area contributed by atoms with Gasteiger partial charge in [0.15, 0.2) is 0 Å². The second-order valence-corrected chi connectivity index (χ2v) is 6.80. The summed E-state index contributed by atoms with van der Waals surface area (Å²) in [5, 5.41) is 2.34. The zero-order valence-corrected chi connectivity index (χ0v) is 15.1. The lowest BCUT2D eigenvalue weighted by Crippen LogP contribution is -2.35. The van der Waals surface area contributed by atoms with Gasteiger partial charge >= 0.3 is 0 Å². The molecule has 2 heterocycles. The number of benzene rings is 2. The van der Waals surface area contributed by atoms with Crippen LogP contribution in [0.4, 0.5) is 4.39 Å². The van der Waals surface area contributed by atoms with Crippen LogP contribution in [0, 0.1) is 12.7 Å². The quantitative estimate of drug-likeness (QED) is 0.586. The molecule has 0 saturated heterocycles. The van der Waals surface area contributed by atoms with Gasteiger partial charge in [-0.1, -0.05) is 30.3 Å². The maximum absolute atomic E-state index is 13.1. The first-order chi connectivity index (χ1) is 13.0. The van der Waals surface area contributed by atoms with Crippen LogP contribution in [0.1, 0.15) is 16.2 Å². The van der Waals surface area contributed by atoms with Crippen molar-refractivity contribution in [3.63, 3.8) is 0 Å². The minimum Gasteiger partial charge on any atom is -0.267 e. The van der Waals surface area contributed by atoms with E-state index in [1.165, 1.54) is 35.6 Å². The van der Waals surface area contributed by atoms with Gasteiger partial charge in [-0.05, 0) is 36.8 Å². The fraction of sp³-hybridized carbons (Fsp3) is 0.0500. The lowest BCUT2D eigenvalue weighted by Gasteiger charge is -2.11. The van der Waals surface area contributed by atoms with E-state index in [4.69, 9.17) is 0 Å². The summed E-state index contributed by atoms with van der Waals surface area (Å²) >= 11 is 1.38. The van der Waals surface area contributed by atoms with E-state index in [1.807, 2.05) is 35.7 Å². The third-order valence-corrected chi connectivity index (χ3v) is 5.05. The Bertz CT molecular complexity index is 1200. The minimum atomic E-state index is -0.516. The van der Waals surface area contributed by atoms with E-state index in [1.54, 1.807) is 6.92 Å². The van der Waals surface area contributed by atoms with Gasteiger partial charge in [0, 0.05) is 16.5 Å². The van der Waals surface area contributed by atoms with Gasteiger partial charge < -0.3 is 0 Å². The summed E-state index contributed by atoms with van der Waals surface area (Å²) in [5.74, 6) is -0.587. The van der Waals surface area contributed by atoms with Crippen LogP contribution in [0.5, 0.6) is 0 Å². The van der Waals surface area contributed by atoms with Gasteiger partial charge in [-0.2, -0.15) is 0 Å². The van der Waals surface area contributed by atoms with Crippen molar-refractivity contribution in [1.82, 2.24) is 9.66 Å². The molecule has 1 amide bonds. The highest BCUT2D eigenvalue weighted by molar-refractivity contribution is 7.17. The molecule has 0 saturated carbocycles. The van der Waals surface area contributed by atoms with E-state index in [-0.39, 0.29) is 11.1 Å². The molecular weight excluding hydrogens is 365 g/mol. The molecule has 0 atom stereocenters. The Morgan fingerprint density at radius 1 is 1.11 bits per heavy atom. The van der Waals surface area contributed by atoms with Crippen molar-refractivity contribution in [3.05, 3.63) is 87.5 Å². The normalized spacial score (nSPS) is 10.9. The smallest absolute Gasteiger partial charge is 0.267 e. The van der Waals surface area contributed by atoms with Gasteiger partial charge in [0.1, 0.15) is 16.5 Å². The molecule has 4 aromatic rings. The predicted molar refractivity (Wildman–Crippen MR) is 104 cm³/mol. The van der Waals surface area contributed by atoms with Crippen molar-refractivity contribution in [2.75, 3.05) is 5.43 Å². The Hall–Kier alpha value is -3.32. The van der Waals surface area contributed by atoms with Crippen molar-refractivity contribution >= 4 is 27.5 Å². The summed E-state index contributed by atoms with van der Waals surface area (Å²) in [4.78, 5) is 30.6.